The van der Waals surface area contributed by atoms with E-state index in [-0.39, 0.29) is 0 Å². The third kappa shape index (κ3) is 4.67. The molecular weight excluding hydrogens is 332 g/mol. The molecule has 0 saturated carbocycles. The van der Waals surface area contributed by atoms with Crippen molar-refractivity contribution in [3.05, 3.63) is 48.7 Å². The first-order valence-corrected chi connectivity index (χ1v) is 10.5. The van der Waals surface area contributed by atoms with Crippen molar-refractivity contribution in [2.24, 2.45) is 5.73 Å². The lowest BCUT2D eigenvalue weighted by molar-refractivity contribution is 0.287. The van der Waals surface area contributed by atoms with E-state index >= 15 is 0 Å². The smallest absolute Gasteiger partial charge is 0.0406 e. The van der Waals surface area contributed by atoms with Crippen LogP contribution in [0.15, 0.2) is 37.6 Å². The van der Waals surface area contributed by atoms with Gasteiger partial charge in [0.25, 0.3) is 0 Å². The number of piperidine rings is 1. The zero-order chi connectivity index (χ0) is 19.2. The second-order valence-electron chi connectivity index (χ2n) is 8.02. The third-order valence-corrected chi connectivity index (χ3v) is 6.16. The predicted molar refractivity (Wildman–Crippen MR) is 117 cm³/mol. The molecule has 3 rings (SSSR count). The molecule has 0 radical (unpaired) electrons. The van der Waals surface area contributed by atoms with Crippen LogP contribution in [0.4, 0.5) is 5.69 Å². The highest BCUT2D eigenvalue weighted by molar-refractivity contribution is 5.73. The van der Waals surface area contributed by atoms with E-state index < -0.39 is 0 Å². The van der Waals surface area contributed by atoms with Crippen molar-refractivity contribution in [2.75, 3.05) is 31.1 Å². The second kappa shape index (κ2) is 9.32. The number of hydrogen-bond donors (Lipinski definition) is 2. The molecule has 0 bridgehead atoms. The molecule has 0 amide bonds. The van der Waals surface area contributed by atoms with E-state index in [1.165, 1.54) is 41.8 Å². The Labute approximate surface area is 165 Å². The molecule has 3 N–H and O–H groups in total. The maximum absolute atomic E-state index is 6.10. The Morgan fingerprint density at radius 1 is 1.26 bits per heavy atom. The molecule has 4 nitrogen and oxygen atoms in total. The minimum Gasteiger partial charge on any atom is -0.391 e. The van der Waals surface area contributed by atoms with Crippen LogP contribution in [0.2, 0.25) is 0 Å². The summed E-state index contributed by atoms with van der Waals surface area (Å²) >= 11 is 0. The molecule has 0 aliphatic carbocycles. The Morgan fingerprint density at radius 2 is 2.04 bits per heavy atom. The first kappa shape index (κ1) is 19.8. The number of nitrogens with one attached hydrogen (secondary N) is 1. The molecule has 0 spiro atoms. The Bertz CT molecular complexity index is 646. The molecule has 27 heavy (non-hydrogen) atoms. The monoisotopic (exact) mass is 368 g/mol. The number of benzene rings is 1. The fraction of sp³-hybridized carbons (Fsp3) is 0.565. The minimum absolute atomic E-state index is 0.369. The standard InChI is InChI=1S/C23H36N4/c1-4-25-14-6-5-8-18(2)27-17-13-22-21(19(27)3)9-7-10-23(22)26-15-11-20(24)12-16-26/h4,7,9-10,18,20,25H,1,3,5-6,8,11-17,24H2,2H3. The van der Waals surface area contributed by atoms with Gasteiger partial charge in [-0.15, -0.1) is 0 Å². The Balaban J connectivity index is 1.65. The van der Waals surface area contributed by atoms with Gasteiger partial charge in [-0.2, -0.15) is 0 Å². The summed E-state index contributed by atoms with van der Waals surface area (Å²) in [6, 6.07) is 7.64. The molecule has 4 heteroatoms. The highest BCUT2D eigenvalue weighted by atomic mass is 15.2. The number of anilines is 1. The van der Waals surface area contributed by atoms with Crippen molar-refractivity contribution in [3.63, 3.8) is 0 Å². The van der Waals surface area contributed by atoms with E-state index in [0.717, 1.165) is 45.4 Å². The van der Waals surface area contributed by atoms with Gasteiger partial charge >= 0.3 is 0 Å². The number of nitrogens with zero attached hydrogens (tertiary/aromatic N) is 2. The van der Waals surface area contributed by atoms with Gasteiger partial charge in [-0.1, -0.05) is 25.3 Å². The van der Waals surface area contributed by atoms with E-state index in [9.17, 15) is 0 Å². The molecule has 1 saturated heterocycles. The van der Waals surface area contributed by atoms with Crippen molar-refractivity contribution in [2.45, 2.75) is 57.5 Å². The fourth-order valence-corrected chi connectivity index (χ4v) is 4.48. The minimum atomic E-state index is 0.369. The van der Waals surface area contributed by atoms with Crippen LogP contribution < -0.4 is 16.0 Å². The third-order valence-electron chi connectivity index (χ3n) is 6.16. The van der Waals surface area contributed by atoms with Crippen molar-refractivity contribution < 1.29 is 0 Å². The van der Waals surface area contributed by atoms with E-state index in [1.54, 1.807) is 6.20 Å². The van der Waals surface area contributed by atoms with E-state index in [0.29, 0.717) is 12.1 Å². The molecule has 0 aromatic heterocycles. The maximum Gasteiger partial charge on any atom is 0.0406 e. The lowest BCUT2D eigenvalue weighted by atomic mass is 9.92. The van der Waals surface area contributed by atoms with Crippen LogP contribution in [0, 0.1) is 0 Å². The summed E-state index contributed by atoms with van der Waals surface area (Å²) in [7, 11) is 0. The topological polar surface area (TPSA) is 44.5 Å². The summed E-state index contributed by atoms with van der Waals surface area (Å²) in [6.45, 7) is 14.8. The van der Waals surface area contributed by atoms with E-state index in [1.807, 2.05) is 0 Å². The van der Waals surface area contributed by atoms with E-state index in [4.69, 9.17) is 5.73 Å². The molecule has 1 atom stereocenters. The van der Waals surface area contributed by atoms with Gasteiger partial charge in [-0.25, -0.2) is 0 Å². The Morgan fingerprint density at radius 3 is 2.78 bits per heavy atom. The van der Waals surface area contributed by atoms with Crippen LogP contribution >= 0.6 is 0 Å². The van der Waals surface area contributed by atoms with Crippen molar-refractivity contribution in [3.8, 4) is 0 Å². The molecule has 148 valence electrons. The van der Waals surface area contributed by atoms with Gasteiger partial charge < -0.3 is 20.9 Å². The average molecular weight is 369 g/mol. The summed E-state index contributed by atoms with van der Waals surface area (Å²) < 4.78 is 0. The van der Waals surface area contributed by atoms with Gasteiger partial charge in [0.05, 0.1) is 0 Å². The first-order chi connectivity index (χ1) is 13.1. The summed E-state index contributed by atoms with van der Waals surface area (Å²) in [6.07, 6.45) is 8.69. The number of fused-ring (bicyclic) bond motifs is 1. The molecular formula is C23H36N4. The van der Waals surface area contributed by atoms with Gasteiger partial charge in [0.15, 0.2) is 0 Å². The maximum atomic E-state index is 6.10. The number of nitrogens with two attached hydrogens (primary N) is 1. The molecule has 2 heterocycles. The highest BCUT2D eigenvalue weighted by Crippen LogP contribution is 2.36. The highest BCUT2D eigenvalue weighted by Gasteiger charge is 2.27. The molecule has 1 aromatic carbocycles. The van der Waals surface area contributed by atoms with Gasteiger partial charge in [0.1, 0.15) is 0 Å². The molecule has 1 fully saturated rings. The molecule has 1 unspecified atom stereocenters. The summed E-state index contributed by atoms with van der Waals surface area (Å²) in [4.78, 5) is 5.04. The van der Waals surface area contributed by atoms with Crippen LogP contribution in [-0.2, 0) is 6.42 Å². The largest absolute Gasteiger partial charge is 0.391 e. The Hall–Kier alpha value is -1.94. The summed E-state index contributed by atoms with van der Waals surface area (Å²) in [5.41, 5.74) is 11.5. The lowest BCUT2D eigenvalue weighted by Gasteiger charge is -2.40. The van der Waals surface area contributed by atoms with Crippen LogP contribution in [0.5, 0.6) is 0 Å². The normalized spacial score (nSPS) is 19.0. The van der Waals surface area contributed by atoms with Gasteiger partial charge in [0.2, 0.25) is 0 Å². The fourth-order valence-electron chi connectivity index (χ4n) is 4.48. The van der Waals surface area contributed by atoms with Crippen molar-refractivity contribution in [1.82, 2.24) is 10.2 Å². The van der Waals surface area contributed by atoms with Gasteiger partial charge in [-0.05, 0) is 63.3 Å². The summed E-state index contributed by atoms with van der Waals surface area (Å²) in [5, 5.41) is 3.18. The number of rotatable bonds is 8. The van der Waals surface area contributed by atoms with Crippen molar-refractivity contribution in [1.29, 1.82) is 0 Å². The molecule has 2 aliphatic rings. The lowest BCUT2D eigenvalue weighted by Crippen LogP contribution is -2.41. The SMILES string of the molecule is C=CNCCCCC(C)N1CCc2c(cccc2N2CCC(N)CC2)C1=C. The summed E-state index contributed by atoms with van der Waals surface area (Å²) in [5.74, 6) is 0. The van der Waals surface area contributed by atoms with Crippen LogP contribution in [0.25, 0.3) is 5.70 Å². The van der Waals surface area contributed by atoms with Gasteiger partial charge in [-0.3, -0.25) is 0 Å². The predicted octanol–water partition coefficient (Wildman–Crippen LogP) is 3.73. The second-order valence-corrected chi connectivity index (χ2v) is 8.02. The number of hydrogen-bond acceptors (Lipinski definition) is 4. The molecule has 1 aromatic rings. The van der Waals surface area contributed by atoms with Crippen LogP contribution in [0.3, 0.4) is 0 Å². The first-order valence-electron chi connectivity index (χ1n) is 10.5. The van der Waals surface area contributed by atoms with Gasteiger partial charge in [0, 0.05) is 55.2 Å². The van der Waals surface area contributed by atoms with Crippen molar-refractivity contribution >= 4 is 11.4 Å². The zero-order valence-electron chi connectivity index (χ0n) is 16.9. The van der Waals surface area contributed by atoms with E-state index in [2.05, 4.69) is 53.4 Å². The van der Waals surface area contributed by atoms with Crippen LogP contribution in [-0.4, -0.2) is 43.2 Å². The molecule has 2 aliphatic heterocycles. The quantitative estimate of drug-likeness (QED) is 0.686. The van der Waals surface area contributed by atoms with Crippen LogP contribution in [0.1, 0.15) is 50.2 Å². The Kier molecular flexibility index (Phi) is 6.84. The number of unbranched alkanes of at least 4 members (excludes halogenated alkanes) is 1. The average Bonchev–Trinajstić information content (AvgIpc) is 2.68. The zero-order valence-corrected chi connectivity index (χ0v) is 16.9.